The number of rotatable bonds is 2. The van der Waals surface area contributed by atoms with E-state index in [0.29, 0.717) is 11.4 Å². The van der Waals surface area contributed by atoms with Crippen LogP contribution in [0.1, 0.15) is 5.56 Å². The number of halogens is 3. The molecule has 0 heterocycles. The molecule has 1 rings (SSSR count). The fourth-order valence-corrected chi connectivity index (χ4v) is 1.26. The summed E-state index contributed by atoms with van der Waals surface area (Å²) < 4.78 is 36.3. The third kappa shape index (κ3) is 3.34. The Bertz CT molecular complexity index is 347. The Kier molecular flexibility index (Phi) is 3.12. The molecule has 0 fully saturated rings. The smallest absolute Gasteiger partial charge is 0.399 e. The predicted molar refractivity (Wildman–Crippen MR) is 54.9 cm³/mol. The van der Waals surface area contributed by atoms with E-state index >= 15 is 0 Å². The minimum atomic E-state index is -4.19. The highest BCUT2D eigenvalue weighted by Crippen LogP contribution is 2.23. The summed E-state index contributed by atoms with van der Waals surface area (Å²) in [7, 11) is 1.40. The topological polar surface area (TPSA) is 29.3 Å². The summed E-state index contributed by atoms with van der Waals surface area (Å²) >= 11 is 0. The zero-order chi connectivity index (χ0) is 11.6. The maximum Gasteiger partial charge on any atom is 0.405 e. The first-order chi connectivity index (χ1) is 6.79. The van der Waals surface area contributed by atoms with E-state index in [9.17, 15) is 13.2 Å². The molecule has 0 unspecified atom stereocenters. The van der Waals surface area contributed by atoms with Crippen molar-refractivity contribution in [1.29, 1.82) is 0 Å². The Labute approximate surface area is 86.5 Å². The first kappa shape index (κ1) is 11.7. The average Bonchev–Trinajstić information content (AvgIpc) is 2.06. The van der Waals surface area contributed by atoms with Crippen molar-refractivity contribution in [3.05, 3.63) is 23.8 Å². The molecule has 5 heteroatoms. The average molecular weight is 218 g/mol. The first-order valence-corrected chi connectivity index (χ1v) is 4.43. The van der Waals surface area contributed by atoms with Gasteiger partial charge in [-0.15, -0.1) is 0 Å². The van der Waals surface area contributed by atoms with Crippen molar-refractivity contribution >= 4 is 11.4 Å². The lowest BCUT2D eigenvalue weighted by Gasteiger charge is -2.21. The monoisotopic (exact) mass is 218 g/mol. The lowest BCUT2D eigenvalue weighted by molar-refractivity contribution is -0.119. The van der Waals surface area contributed by atoms with Gasteiger partial charge < -0.3 is 10.6 Å². The van der Waals surface area contributed by atoms with Crippen molar-refractivity contribution in [2.24, 2.45) is 0 Å². The Hall–Kier alpha value is -1.39. The van der Waals surface area contributed by atoms with Crippen LogP contribution in [0.5, 0.6) is 0 Å². The highest BCUT2D eigenvalue weighted by atomic mass is 19.4. The fourth-order valence-electron chi connectivity index (χ4n) is 1.26. The van der Waals surface area contributed by atoms with Crippen molar-refractivity contribution in [3.63, 3.8) is 0 Å². The van der Waals surface area contributed by atoms with Gasteiger partial charge in [-0.2, -0.15) is 13.2 Å². The second-order valence-corrected chi connectivity index (χ2v) is 3.51. The summed E-state index contributed by atoms with van der Waals surface area (Å²) in [5.41, 5.74) is 7.45. The molecule has 0 radical (unpaired) electrons. The number of anilines is 2. The minimum Gasteiger partial charge on any atom is -0.399 e. The fraction of sp³-hybridized carbons (Fsp3) is 0.400. The highest BCUT2D eigenvalue weighted by Gasteiger charge is 2.29. The second-order valence-electron chi connectivity index (χ2n) is 3.51. The molecule has 1 aromatic carbocycles. The molecule has 84 valence electrons. The molecule has 0 aromatic heterocycles. The highest BCUT2D eigenvalue weighted by molar-refractivity contribution is 5.57. The van der Waals surface area contributed by atoms with Crippen molar-refractivity contribution in [2.45, 2.75) is 13.1 Å². The molecule has 0 saturated heterocycles. The first-order valence-electron chi connectivity index (χ1n) is 4.43. The lowest BCUT2D eigenvalue weighted by Crippen LogP contribution is -2.30. The number of alkyl halides is 3. The van der Waals surface area contributed by atoms with Crippen LogP contribution >= 0.6 is 0 Å². The van der Waals surface area contributed by atoms with E-state index < -0.39 is 12.7 Å². The van der Waals surface area contributed by atoms with Gasteiger partial charge in [-0.25, -0.2) is 0 Å². The van der Waals surface area contributed by atoms with Crippen molar-refractivity contribution in [2.75, 3.05) is 24.2 Å². The van der Waals surface area contributed by atoms with Crippen LogP contribution in [0, 0.1) is 6.92 Å². The van der Waals surface area contributed by atoms with E-state index in [0.717, 1.165) is 10.5 Å². The zero-order valence-corrected chi connectivity index (χ0v) is 8.60. The molecule has 0 saturated carbocycles. The molecule has 2 nitrogen and oxygen atoms in total. The third-order valence-corrected chi connectivity index (χ3v) is 2.11. The summed E-state index contributed by atoms with van der Waals surface area (Å²) in [5.74, 6) is 0. The number of aryl methyl sites for hydroxylation is 1. The Morgan fingerprint density at radius 3 is 2.40 bits per heavy atom. The van der Waals surface area contributed by atoms with E-state index in [1.807, 2.05) is 0 Å². The number of hydrogen-bond acceptors (Lipinski definition) is 2. The standard InChI is InChI=1S/C10H13F3N2/c1-7-5-8(3-4-9(7)14)15(2)6-10(11,12)13/h3-5H,6,14H2,1-2H3. The summed E-state index contributed by atoms with van der Waals surface area (Å²) in [6, 6.07) is 4.83. The normalized spacial score (nSPS) is 11.5. The molecular formula is C10H13F3N2. The number of nitrogen functional groups attached to an aromatic ring is 1. The van der Waals surface area contributed by atoms with Crippen LogP contribution in [-0.4, -0.2) is 19.8 Å². The van der Waals surface area contributed by atoms with E-state index in [1.54, 1.807) is 25.1 Å². The van der Waals surface area contributed by atoms with Crippen molar-refractivity contribution in [1.82, 2.24) is 0 Å². The maximum atomic E-state index is 12.1. The van der Waals surface area contributed by atoms with Crippen LogP contribution in [0.15, 0.2) is 18.2 Å². The molecule has 15 heavy (non-hydrogen) atoms. The van der Waals surface area contributed by atoms with Crippen molar-refractivity contribution in [3.8, 4) is 0 Å². The van der Waals surface area contributed by atoms with E-state index in [1.165, 1.54) is 7.05 Å². The van der Waals surface area contributed by atoms with Gasteiger partial charge in [0.25, 0.3) is 0 Å². The van der Waals surface area contributed by atoms with Crippen LogP contribution in [0.25, 0.3) is 0 Å². The number of hydrogen-bond donors (Lipinski definition) is 1. The van der Waals surface area contributed by atoms with Gasteiger partial charge in [0.15, 0.2) is 0 Å². The van der Waals surface area contributed by atoms with Gasteiger partial charge in [-0.05, 0) is 30.7 Å². The zero-order valence-electron chi connectivity index (χ0n) is 8.60. The Morgan fingerprint density at radius 2 is 1.93 bits per heavy atom. The van der Waals surface area contributed by atoms with Crippen LogP contribution in [0.4, 0.5) is 24.5 Å². The SMILES string of the molecule is Cc1cc(N(C)CC(F)(F)F)ccc1N. The summed E-state index contributed by atoms with van der Waals surface area (Å²) in [6.07, 6.45) is -4.19. The van der Waals surface area contributed by atoms with E-state index in [2.05, 4.69) is 0 Å². The van der Waals surface area contributed by atoms with Crippen LogP contribution in [0.3, 0.4) is 0 Å². The van der Waals surface area contributed by atoms with Gasteiger partial charge in [0, 0.05) is 18.4 Å². The van der Waals surface area contributed by atoms with Gasteiger partial charge in [0.1, 0.15) is 6.54 Å². The van der Waals surface area contributed by atoms with Crippen LogP contribution in [0.2, 0.25) is 0 Å². The quantitative estimate of drug-likeness (QED) is 0.773. The predicted octanol–water partition coefficient (Wildman–Crippen LogP) is 2.58. The summed E-state index contributed by atoms with van der Waals surface area (Å²) in [5, 5.41) is 0. The molecule has 0 bridgehead atoms. The van der Waals surface area contributed by atoms with Gasteiger partial charge >= 0.3 is 6.18 Å². The Balaban J connectivity index is 2.83. The largest absolute Gasteiger partial charge is 0.405 e. The van der Waals surface area contributed by atoms with Gasteiger partial charge in [-0.1, -0.05) is 0 Å². The maximum absolute atomic E-state index is 12.1. The molecule has 0 aliphatic carbocycles. The Morgan fingerprint density at radius 1 is 1.33 bits per heavy atom. The minimum absolute atomic E-state index is 0.513. The summed E-state index contributed by atoms with van der Waals surface area (Å²) in [4.78, 5) is 1.15. The second kappa shape index (κ2) is 4.00. The molecule has 1 aromatic rings. The summed E-state index contributed by atoms with van der Waals surface area (Å²) in [6.45, 7) is 0.802. The lowest BCUT2D eigenvalue weighted by atomic mass is 10.2. The third-order valence-electron chi connectivity index (χ3n) is 2.11. The van der Waals surface area contributed by atoms with Gasteiger partial charge in [0.05, 0.1) is 0 Å². The van der Waals surface area contributed by atoms with E-state index in [-0.39, 0.29) is 0 Å². The van der Waals surface area contributed by atoms with E-state index in [4.69, 9.17) is 5.73 Å². The van der Waals surface area contributed by atoms with Crippen LogP contribution in [-0.2, 0) is 0 Å². The van der Waals surface area contributed by atoms with Gasteiger partial charge in [0.2, 0.25) is 0 Å². The molecule has 0 atom stereocenters. The molecule has 0 amide bonds. The molecular weight excluding hydrogens is 205 g/mol. The molecule has 2 N–H and O–H groups in total. The number of benzene rings is 1. The molecule has 0 spiro atoms. The molecule has 0 aliphatic rings. The van der Waals surface area contributed by atoms with Gasteiger partial charge in [-0.3, -0.25) is 0 Å². The molecule has 0 aliphatic heterocycles. The number of nitrogens with zero attached hydrogens (tertiary/aromatic N) is 1. The van der Waals surface area contributed by atoms with Crippen molar-refractivity contribution < 1.29 is 13.2 Å². The number of nitrogens with two attached hydrogens (primary N) is 1. The van der Waals surface area contributed by atoms with Crippen LogP contribution < -0.4 is 10.6 Å².